The molecule has 1 rings (SSSR count). The quantitative estimate of drug-likeness (QED) is 0.319. The number of carboxylic acids is 2. The molecule has 0 amide bonds. The molecular formula is C22H36O6S. The molecule has 0 aliphatic heterocycles. The summed E-state index contributed by atoms with van der Waals surface area (Å²) in [4.78, 5) is 23.2. The Kier molecular flexibility index (Phi) is 11.7. The third-order valence-corrected chi connectivity index (χ3v) is 6.35. The van der Waals surface area contributed by atoms with E-state index in [1.54, 1.807) is 0 Å². The van der Waals surface area contributed by atoms with E-state index < -0.39 is 11.9 Å². The SMILES string of the molecule is CCCCC(CC)COc1c(C(=O)O)sc(C(=O)O)c1OCC(CC)CCCC. The van der Waals surface area contributed by atoms with Crippen LogP contribution in [0.5, 0.6) is 11.5 Å². The van der Waals surface area contributed by atoms with Gasteiger partial charge < -0.3 is 19.7 Å². The minimum absolute atomic E-state index is 0.0696. The molecule has 2 N–H and O–H groups in total. The summed E-state index contributed by atoms with van der Waals surface area (Å²) in [7, 11) is 0. The number of rotatable bonds is 16. The van der Waals surface area contributed by atoms with Gasteiger partial charge in [-0.1, -0.05) is 66.2 Å². The average Bonchev–Trinajstić information content (AvgIpc) is 3.07. The van der Waals surface area contributed by atoms with Gasteiger partial charge in [0.25, 0.3) is 0 Å². The second-order valence-electron chi connectivity index (χ2n) is 7.48. The predicted molar refractivity (Wildman–Crippen MR) is 116 cm³/mol. The van der Waals surface area contributed by atoms with Crippen LogP contribution in [0.25, 0.3) is 0 Å². The van der Waals surface area contributed by atoms with Gasteiger partial charge in [-0.15, -0.1) is 11.3 Å². The maximum absolute atomic E-state index is 11.7. The van der Waals surface area contributed by atoms with Crippen molar-refractivity contribution in [3.63, 3.8) is 0 Å². The van der Waals surface area contributed by atoms with Crippen molar-refractivity contribution in [3.05, 3.63) is 9.75 Å². The maximum Gasteiger partial charge on any atom is 0.349 e. The van der Waals surface area contributed by atoms with E-state index in [4.69, 9.17) is 9.47 Å². The normalized spacial score (nSPS) is 13.1. The van der Waals surface area contributed by atoms with Crippen molar-refractivity contribution in [1.29, 1.82) is 0 Å². The summed E-state index contributed by atoms with van der Waals surface area (Å²) in [6.45, 7) is 9.13. The van der Waals surface area contributed by atoms with Crippen LogP contribution in [0, 0.1) is 11.8 Å². The van der Waals surface area contributed by atoms with Crippen molar-refractivity contribution >= 4 is 23.3 Å². The number of carboxylic acid groups (broad SMARTS) is 2. The Morgan fingerprint density at radius 3 is 1.45 bits per heavy atom. The van der Waals surface area contributed by atoms with Crippen LogP contribution < -0.4 is 9.47 Å². The number of ether oxygens (including phenoxy) is 2. The zero-order valence-electron chi connectivity index (χ0n) is 18.2. The Bertz CT molecular complexity index is 587. The highest BCUT2D eigenvalue weighted by atomic mass is 32.1. The van der Waals surface area contributed by atoms with E-state index in [0.717, 1.165) is 51.4 Å². The topological polar surface area (TPSA) is 93.1 Å². The lowest BCUT2D eigenvalue weighted by Crippen LogP contribution is -2.15. The molecule has 0 saturated carbocycles. The number of aromatic carboxylic acids is 2. The second kappa shape index (κ2) is 13.5. The summed E-state index contributed by atoms with van der Waals surface area (Å²) in [5, 5.41) is 19.1. The van der Waals surface area contributed by atoms with Gasteiger partial charge in [0.2, 0.25) is 0 Å². The summed E-state index contributed by atoms with van der Waals surface area (Å²) in [6, 6.07) is 0. The van der Waals surface area contributed by atoms with Crippen LogP contribution in [0.3, 0.4) is 0 Å². The summed E-state index contributed by atoms with van der Waals surface area (Å²) in [6.07, 6.45) is 8.17. The standard InChI is InChI=1S/C22H36O6S/c1-5-9-11-15(7-3)13-27-17-18(28-14-16(8-4)12-10-6-2)20(22(25)26)29-19(17)21(23)24/h15-16H,5-14H2,1-4H3,(H,23,24)(H,25,26). The first-order valence-corrected chi connectivity index (χ1v) is 11.6. The fourth-order valence-electron chi connectivity index (χ4n) is 3.14. The van der Waals surface area contributed by atoms with E-state index in [-0.39, 0.29) is 21.3 Å². The Labute approximate surface area is 178 Å². The van der Waals surface area contributed by atoms with Crippen LogP contribution in [-0.2, 0) is 0 Å². The summed E-state index contributed by atoms with van der Waals surface area (Å²) < 4.78 is 11.8. The van der Waals surface area contributed by atoms with Crippen molar-refractivity contribution in [2.75, 3.05) is 13.2 Å². The van der Waals surface area contributed by atoms with Gasteiger partial charge in [0.1, 0.15) is 0 Å². The molecule has 29 heavy (non-hydrogen) atoms. The molecule has 6 nitrogen and oxygen atoms in total. The van der Waals surface area contributed by atoms with Gasteiger partial charge >= 0.3 is 11.9 Å². The third kappa shape index (κ3) is 7.88. The lowest BCUT2D eigenvalue weighted by atomic mass is 10.0. The van der Waals surface area contributed by atoms with E-state index in [2.05, 4.69) is 27.7 Å². The van der Waals surface area contributed by atoms with E-state index >= 15 is 0 Å². The molecule has 2 atom stereocenters. The molecule has 0 aromatic carbocycles. The summed E-state index contributed by atoms with van der Waals surface area (Å²) in [5.41, 5.74) is 0. The van der Waals surface area contributed by atoms with Crippen LogP contribution in [-0.4, -0.2) is 35.4 Å². The predicted octanol–water partition coefficient (Wildman–Crippen LogP) is 6.33. The molecule has 0 saturated heterocycles. The number of carbonyl (C=O) groups is 2. The van der Waals surface area contributed by atoms with Crippen molar-refractivity contribution in [2.45, 2.75) is 79.1 Å². The fraction of sp³-hybridized carbons (Fsp3) is 0.727. The van der Waals surface area contributed by atoms with E-state index in [1.165, 1.54) is 0 Å². The van der Waals surface area contributed by atoms with Gasteiger partial charge in [0, 0.05) is 0 Å². The first-order valence-electron chi connectivity index (χ1n) is 10.8. The molecule has 0 radical (unpaired) electrons. The second-order valence-corrected chi connectivity index (χ2v) is 8.50. The summed E-state index contributed by atoms with van der Waals surface area (Å²) in [5.74, 6) is -1.65. The number of hydrogen-bond acceptors (Lipinski definition) is 5. The van der Waals surface area contributed by atoms with E-state index in [0.29, 0.717) is 36.4 Å². The third-order valence-electron chi connectivity index (χ3n) is 5.22. The molecule has 0 bridgehead atoms. The molecule has 0 spiro atoms. The smallest absolute Gasteiger partial charge is 0.349 e. The molecule has 0 aliphatic carbocycles. The highest BCUT2D eigenvalue weighted by Crippen LogP contribution is 2.43. The molecular weight excluding hydrogens is 392 g/mol. The van der Waals surface area contributed by atoms with Crippen LogP contribution >= 0.6 is 11.3 Å². The zero-order valence-corrected chi connectivity index (χ0v) is 19.0. The number of unbranched alkanes of at least 4 members (excludes halogenated alkanes) is 2. The van der Waals surface area contributed by atoms with E-state index in [9.17, 15) is 19.8 Å². The molecule has 0 fully saturated rings. The Morgan fingerprint density at radius 1 is 0.793 bits per heavy atom. The highest BCUT2D eigenvalue weighted by Gasteiger charge is 2.30. The van der Waals surface area contributed by atoms with Crippen LogP contribution in [0.4, 0.5) is 0 Å². The average molecular weight is 429 g/mol. The van der Waals surface area contributed by atoms with Gasteiger partial charge in [-0.2, -0.15) is 0 Å². The molecule has 2 unspecified atom stereocenters. The molecule has 166 valence electrons. The summed E-state index contributed by atoms with van der Waals surface area (Å²) >= 11 is 0.708. The van der Waals surface area contributed by atoms with Gasteiger partial charge in [-0.3, -0.25) is 0 Å². The van der Waals surface area contributed by atoms with Crippen molar-refractivity contribution < 1.29 is 29.3 Å². The van der Waals surface area contributed by atoms with Gasteiger partial charge in [0.15, 0.2) is 21.3 Å². The van der Waals surface area contributed by atoms with E-state index in [1.807, 2.05) is 0 Å². The first kappa shape index (κ1) is 25.3. The molecule has 1 aromatic heterocycles. The van der Waals surface area contributed by atoms with Gasteiger partial charge in [-0.05, 0) is 24.7 Å². The number of thiophene rings is 1. The van der Waals surface area contributed by atoms with Gasteiger partial charge in [0.05, 0.1) is 13.2 Å². The fourth-order valence-corrected chi connectivity index (χ4v) is 4.01. The lowest BCUT2D eigenvalue weighted by Gasteiger charge is -2.19. The molecule has 0 aliphatic rings. The van der Waals surface area contributed by atoms with Crippen LogP contribution in [0.15, 0.2) is 0 Å². The Hall–Kier alpha value is -1.76. The lowest BCUT2D eigenvalue weighted by molar-refractivity contribution is 0.0682. The molecule has 1 aromatic rings. The van der Waals surface area contributed by atoms with Crippen LogP contribution in [0.2, 0.25) is 0 Å². The zero-order chi connectivity index (χ0) is 21.8. The molecule has 1 heterocycles. The maximum atomic E-state index is 11.7. The molecule has 7 heteroatoms. The van der Waals surface area contributed by atoms with Crippen LogP contribution in [0.1, 0.15) is 98.4 Å². The highest BCUT2D eigenvalue weighted by molar-refractivity contribution is 7.16. The Morgan fingerprint density at radius 2 is 1.17 bits per heavy atom. The van der Waals surface area contributed by atoms with Crippen molar-refractivity contribution in [3.8, 4) is 11.5 Å². The first-order chi connectivity index (χ1) is 13.9. The van der Waals surface area contributed by atoms with Crippen molar-refractivity contribution in [1.82, 2.24) is 0 Å². The monoisotopic (exact) mass is 428 g/mol. The van der Waals surface area contributed by atoms with Gasteiger partial charge in [-0.25, -0.2) is 9.59 Å². The minimum Gasteiger partial charge on any atom is -0.488 e. The minimum atomic E-state index is -1.19. The van der Waals surface area contributed by atoms with Crippen molar-refractivity contribution in [2.24, 2.45) is 11.8 Å². The number of hydrogen-bond donors (Lipinski definition) is 2. The largest absolute Gasteiger partial charge is 0.488 e. The Balaban J connectivity index is 3.09.